The summed E-state index contributed by atoms with van der Waals surface area (Å²) in [6, 6.07) is 6.63. The summed E-state index contributed by atoms with van der Waals surface area (Å²) in [5.41, 5.74) is 2.77. The molecule has 13 heteroatoms. The monoisotopic (exact) mass is 674 g/mol. The first-order chi connectivity index (χ1) is 22.6. The van der Waals surface area contributed by atoms with E-state index >= 15 is 4.39 Å². The van der Waals surface area contributed by atoms with Crippen molar-refractivity contribution in [3.8, 4) is 16.9 Å². The summed E-state index contributed by atoms with van der Waals surface area (Å²) in [6.45, 7) is 12.5. The number of sulfone groups is 1. The smallest absolute Gasteiger partial charge is 0.281 e. The number of carbonyl (C=O) groups is 1. The van der Waals surface area contributed by atoms with Crippen molar-refractivity contribution in [1.29, 1.82) is 0 Å². The standard InChI is InChI=1S/C35H36F2N6O4S/c1-17(2)29-31(19(4)10-12-38-29)43-33-23(14-25(37)30(40-33)27-18(3)8-9-26-24(27)15-39-41-26)28(32(35(43)45)48(7,46)47)22-11-13-42(16-20(22)5)34(44)21(6)36/h8-10,12,14-15,17,20,22H,6,11,13,16H2,1-5,7H3,(H,39,41)/t20-,22?/m0/s1. The van der Waals surface area contributed by atoms with Crippen LogP contribution in [0.1, 0.15) is 61.4 Å². The number of likely N-dealkylation sites (tertiary alicyclic amines) is 1. The maximum Gasteiger partial charge on any atom is 0.281 e. The maximum absolute atomic E-state index is 16.6. The molecule has 1 fully saturated rings. The third-order valence-electron chi connectivity index (χ3n) is 9.26. The van der Waals surface area contributed by atoms with Crippen LogP contribution in [0, 0.1) is 25.6 Å². The number of carbonyl (C=O) groups excluding carboxylic acids is 1. The fourth-order valence-corrected chi connectivity index (χ4v) is 8.12. The van der Waals surface area contributed by atoms with E-state index in [0.717, 1.165) is 11.8 Å². The molecular weight excluding hydrogens is 638 g/mol. The molecule has 250 valence electrons. The van der Waals surface area contributed by atoms with Crippen LogP contribution in [0.5, 0.6) is 0 Å². The topological polar surface area (TPSA) is 131 Å². The Morgan fingerprint density at radius 1 is 1.15 bits per heavy atom. The number of pyridine rings is 3. The van der Waals surface area contributed by atoms with Gasteiger partial charge in [0.2, 0.25) is 0 Å². The fourth-order valence-electron chi connectivity index (χ4n) is 7.05. The number of hydrogen-bond donors (Lipinski definition) is 1. The molecule has 1 N–H and O–H groups in total. The number of aromatic amines is 1. The first-order valence-corrected chi connectivity index (χ1v) is 17.5. The molecule has 0 saturated carbocycles. The molecule has 1 aliphatic heterocycles. The zero-order valence-corrected chi connectivity index (χ0v) is 28.4. The second-order valence-electron chi connectivity index (χ2n) is 13.0. The van der Waals surface area contributed by atoms with E-state index in [9.17, 15) is 22.4 Å². The highest BCUT2D eigenvalue weighted by Gasteiger charge is 2.38. The second kappa shape index (κ2) is 12.0. The summed E-state index contributed by atoms with van der Waals surface area (Å²) in [4.78, 5) is 37.6. The summed E-state index contributed by atoms with van der Waals surface area (Å²) in [5.74, 6) is -3.87. The Labute approximate surface area is 276 Å². The number of nitrogens with one attached hydrogen (secondary N) is 1. The minimum Gasteiger partial charge on any atom is -0.336 e. The predicted molar refractivity (Wildman–Crippen MR) is 180 cm³/mol. The molecule has 6 rings (SSSR count). The number of aromatic nitrogens is 5. The van der Waals surface area contributed by atoms with Gasteiger partial charge in [-0.2, -0.15) is 5.10 Å². The van der Waals surface area contributed by atoms with Crippen LogP contribution >= 0.6 is 0 Å². The van der Waals surface area contributed by atoms with Crippen molar-refractivity contribution in [1.82, 2.24) is 29.6 Å². The Bertz CT molecular complexity index is 2330. The van der Waals surface area contributed by atoms with Crippen molar-refractivity contribution >= 4 is 37.7 Å². The van der Waals surface area contributed by atoms with Crippen molar-refractivity contribution in [2.75, 3.05) is 19.3 Å². The highest BCUT2D eigenvalue weighted by Crippen LogP contribution is 2.42. The first kappa shape index (κ1) is 33.1. The zero-order chi connectivity index (χ0) is 34.8. The largest absolute Gasteiger partial charge is 0.336 e. The average Bonchev–Trinajstić information content (AvgIpc) is 3.49. The minimum atomic E-state index is -4.22. The van der Waals surface area contributed by atoms with E-state index in [-0.39, 0.29) is 47.7 Å². The zero-order valence-electron chi connectivity index (χ0n) is 27.6. The number of fused-ring (bicyclic) bond motifs is 2. The van der Waals surface area contributed by atoms with Gasteiger partial charge >= 0.3 is 0 Å². The summed E-state index contributed by atoms with van der Waals surface area (Å²) in [7, 11) is -4.22. The number of H-pyrrole nitrogens is 1. The van der Waals surface area contributed by atoms with Crippen LogP contribution in [-0.2, 0) is 14.6 Å². The van der Waals surface area contributed by atoms with Gasteiger partial charge in [-0.25, -0.2) is 22.2 Å². The van der Waals surface area contributed by atoms with Crippen molar-refractivity contribution in [2.45, 2.75) is 57.8 Å². The van der Waals surface area contributed by atoms with E-state index in [4.69, 9.17) is 4.98 Å². The molecule has 1 unspecified atom stereocenters. The molecule has 5 aromatic rings. The molecule has 1 amide bonds. The quantitative estimate of drug-likeness (QED) is 0.217. The van der Waals surface area contributed by atoms with Gasteiger partial charge in [-0.05, 0) is 72.9 Å². The van der Waals surface area contributed by atoms with Crippen molar-refractivity contribution in [2.24, 2.45) is 5.92 Å². The van der Waals surface area contributed by atoms with Gasteiger partial charge < -0.3 is 4.90 Å². The van der Waals surface area contributed by atoms with Gasteiger partial charge in [-0.15, -0.1) is 0 Å². The maximum atomic E-state index is 16.6. The van der Waals surface area contributed by atoms with Crippen LogP contribution < -0.4 is 5.56 Å². The molecule has 0 spiro atoms. The molecule has 4 aromatic heterocycles. The van der Waals surface area contributed by atoms with E-state index in [0.29, 0.717) is 33.4 Å². The third kappa shape index (κ3) is 5.39. The molecule has 1 aromatic carbocycles. The Morgan fingerprint density at radius 2 is 1.88 bits per heavy atom. The second-order valence-corrected chi connectivity index (χ2v) is 14.9. The molecule has 1 aliphatic rings. The molecule has 5 heterocycles. The number of halogens is 2. The Kier molecular flexibility index (Phi) is 8.30. The lowest BCUT2D eigenvalue weighted by Gasteiger charge is -2.38. The van der Waals surface area contributed by atoms with E-state index in [2.05, 4.69) is 21.8 Å². The van der Waals surface area contributed by atoms with Gasteiger partial charge in [0.25, 0.3) is 11.5 Å². The number of piperidine rings is 1. The Hall–Kier alpha value is -4.78. The normalized spacial score (nSPS) is 17.1. The molecule has 48 heavy (non-hydrogen) atoms. The predicted octanol–water partition coefficient (Wildman–Crippen LogP) is 6.04. The Morgan fingerprint density at radius 3 is 2.52 bits per heavy atom. The summed E-state index contributed by atoms with van der Waals surface area (Å²) in [6.07, 6.45) is 4.36. The number of rotatable bonds is 6. The van der Waals surface area contributed by atoms with Gasteiger partial charge in [-0.1, -0.05) is 33.4 Å². The summed E-state index contributed by atoms with van der Waals surface area (Å²) < 4.78 is 59.0. The molecule has 2 atom stereocenters. The number of aryl methyl sites for hydroxylation is 2. The Balaban J connectivity index is 1.77. The first-order valence-electron chi connectivity index (χ1n) is 15.6. The minimum absolute atomic E-state index is 0.0271. The van der Waals surface area contributed by atoms with Crippen LogP contribution in [0.3, 0.4) is 0 Å². The lowest BCUT2D eigenvalue weighted by Crippen LogP contribution is -2.43. The molecule has 0 aliphatic carbocycles. The van der Waals surface area contributed by atoms with E-state index in [1.165, 1.54) is 15.5 Å². The van der Waals surface area contributed by atoms with E-state index in [1.54, 1.807) is 32.3 Å². The van der Waals surface area contributed by atoms with Gasteiger partial charge in [-0.3, -0.25) is 24.2 Å². The molecular formula is C35H36F2N6O4S. The van der Waals surface area contributed by atoms with Gasteiger partial charge in [0.1, 0.15) is 22.1 Å². The molecule has 0 radical (unpaired) electrons. The van der Waals surface area contributed by atoms with Crippen LogP contribution in [0.4, 0.5) is 8.78 Å². The molecule has 1 saturated heterocycles. The van der Waals surface area contributed by atoms with Gasteiger partial charge in [0.05, 0.1) is 23.1 Å². The number of nitrogens with zero attached hydrogens (tertiary/aromatic N) is 5. The van der Waals surface area contributed by atoms with Crippen LogP contribution in [-0.4, -0.2) is 63.3 Å². The molecule has 0 bridgehead atoms. The van der Waals surface area contributed by atoms with E-state index in [1.807, 2.05) is 32.9 Å². The number of hydrogen-bond acceptors (Lipinski definition) is 7. The van der Waals surface area contributed by atoms with Gasteiger partial charge in [0.15, 0.2) is 15.7 Å². The summed E-state index contributed by atoms with van der Waals surface area (Å²) in [5, 5.41) is 7.81. The van der Waals surface area contributed by atoms with Crippen LogP contribution in [0.2, 0.25) is 0 Å². The van der Waals surface area contributed by atoms with Gasteiger partial charge in [0, 0.05) is 41.9 Å². The fraction of sp³-hybridized carbons (Fsp3) is 0.343. The highest BCUT2D eigenvalue weighted by molar-refractivity contribution is 7.90. The van der Waals surface area contributed by atoms with Crippen molar-refractivity contribution in [3.63, 3.8) is 0 Å². The van der Waals surface area contributed by atoms with Crippen LogP contribution in [0.25, 0.3) is 38.9 Å². The lowest BCUT2D eigenvalue weighted by molar-refractivity contribution is -0.130. The lowest BCUT2D eigenvalue weighted by atomic mass is 9.80. The third-order valence-corrected chi connectivity index (χ3v) is 10.4. The number of benzene rings is 1. The number of amides is 1. The highest BCUT2D eigenvalue weighted by atomic mass is 32.2. The van der Waals surface area contributed by atoms with Crippen LogP contribution in [0.15, 0.2) is 58.8 Å². The van der Waals surface area contributed by atoms with E-state index < -0.39 is 49.7 Å². The molecule has 10 nitrogen and oxygen atoms in total. The van der Waals surface area contributed by atoms with Crippen molar-refractivity contribution in [3.05, 3.63) is 87.6 Å². The average molecular weight is 675 g/mol. The SMILES string of the molecule is C=C(F)C(=O)N1CCC(c2c(S(C)(=O)=O)c(=O)n(-c3c(C)ccnc3C(C)C)c3nc(-c4c(C)ccc5[nH]ncc45)c(F)cc23)[C@@H](C)C1. The van der Waals surface area contributed by atoms with Crippen molar-refractivity contribution < 1.29 is 22.0 Å². The summed E-state index contributed by atoms with van der Waals surface area (Å²) >= 11 is 0.